The van der Waals surface area contributed by atoms with E-state index in [1.165, 1.54) is 11.3 Å². The molecule has 2 aromatic heterocycles. The molecule has 1 aliphatic rings. The normalized spacial score (nSPS) is 18.8. The third kappa shape index (κ3) is 2.56. The van der Waals surface area contributed by atoms with Crippen molar-refractivity contribution in [2.75, 3.05) is 6.54 Å². The smallest absolute Gasteiger partial charge is 0.145 e. The van der Waals surface area contributed by atoms with Gasteiger partial charge in [0.05, 0.1) is 6.04 Å². The Labute approximate surface area is 119 Å². The van der Waals surface area contributed by atoms with Crippen LogP contribution in [-0.2, 0) is 6.42 Å². The first-order chi connectivity index (χ1) is 9.90. The predicted octanol–water partition coefficient (Wildman–Crippen LogP) is 2.64. The molecule has 1 N–H and O–H groups in total. The number of hydrogen-bond acceptors (Lipinski definition) is 4. The highest BCUT2D eigenvalue weighted by atomic mass is 15.0. The molecule has 2 unspecified atom stereocenters. The average molecular weight is 268 g/mol. The summed E-state index contributed by atoms with van der Waals surface area (Å²) in [5.41, 5.74) is 2.59. The van der Waals surface area contributed by atoms with Gasteiger partial charge in [-0.05, 0) is 43.5 Å². The van der Waals surface area contributed by atoms with E-state index in [2.05, 4.69) is 33.3 Å². The van der Waals surface area contributed by atoms with Gasteiger partial charge in [0.25, 0.3) is 0 Å². The maximum Gasteiger partial charge on any atom is 0.145 e. The van der Waals surface area contributed by atoms with Crippen LogP contribution in [0, 0.1) is 0 Å². The molecule has 1 aliphatic carbocycles. The zero-order valence-electron chi connectivity index (χ0n) is 11.8. The summed E-state index contributed by atoms with van der Waals surface area (Å²) in [5, 5.41) is 3.60. The zero-order chi connectivity index (χ0) is 13.8. The molecule has 0 amide bonds. The molecule has 2 aromatic rings. The number of pyridine rings is 1. The van der Waals surface area contributed by atoms with Gasteiger partial charge in [-0.3, -0.25) is 4.98 Å². The molecule has 0 saturated carbocycles. The molecule has 0 spiro atoms. The summed E-state index contributed by atoms with van der Waals surface area (Å²) in [5.74, 6) is 1.25. The number of aromatic nitrogens is 3. The Morgan fingerprint density at radius 2 is 2.00 bits per heavy atom. The summed E-state index contributed by atoms with van der Waals surface area (Å²) in [6.07, 6.45) is 8.84. The van der Waals surface area contributed by atoms with E-state index >= 15 is 0 Å². The maximum absolute atomic E-state index is 4.60. The second-order valence-electron chi connectivity index (χ2n) is 5.23. The molecule has 2 atom stereocenters. The first kappa shape index (κ1) is 13.2. The van der Waals surface area contributed by atoms with Crippen LogP contribution >= 0.6 is 0 Å². The van der Waals surface area contributed by atoms with E-state index in [1.807, 2.05) is 30.7 Å². The molecule has 20 heavy (non-hydrogen) atoms. The van der Waals surface area contributed by atoms with Crippen LogP contribution < -0.4 is 5.32 Å². The van der Waals surface area contributed by atoms with Crippen molar-refractivity contribution in [1.82, 2.24) is 20.3 Å². The highest BCUT2D eigenvalue weighted by Crippen LogP contribution is 2.39. The fraction of sp³-hybridized carbons (Fsp3) is 0.438. The third-order valence-electron chi connectivity index (χ3n) is 3.88. The van der Waals surface area contributed by atoms with Crippen molar-refractivity contribution in [2.45, 2.75) is 38.1 Å². The maximum atomic E-state index is 4.60. The van der Waals surface area contributed by atoms with Crippen molar-refractivity contribution in [1.29, 1.82) is 0 Å². The monoisotopic (exact) mass is 268 g/mol. The van der Waals surface area contributed by atoms with Crippen LogP contribution in [-0.4, -0.2) is 21.5 Å². The van der Waals surface area contributed by atoms with E-state index in [0.717, 1.165) is 31.6 Å². The Bertz CT molecular complexity index is 555. The van der Waals surface area contributed by atoms with Crippen LogP contribution in [0.2, 0.25) is 0 Å². The molecule has 0 aliphatic heterocycles. The van der Waals surface area contributed by atoms with E-state index in [4.69, 9.17) is 0 Å². The Hall–Kier alpha value is -1.81. The van der Waals surface area contributed by atoms with Crippen molar-refractivity contribution >= 4 is 0 Å². The average Bonchev–Trinajstić information content (AvgIpc) is 2.93. The van der Waals surface area contributed by atoms with Crippen LogP contribution in [0.3, 0.4) is 0 Å². The fourth-order valence-corrected chi connectivity index (χ4v) is 2.95. The summed E-state index contributed by atoms with van der Waals surface area (Å²) in [6.45, 7) is 3.15. The Morgan fingerprint density at radius 3 is 2.80 bits per heavy atom. The molecule has 4 heteroatoms. The topological polar surface area (TPSA) is 50.7 Å². The van der Waals surface area contributed by atoms with Gasteiger partial charge in [-0.1, -0.05) is 13.0 Å². The fourth-order valence-electron chi connectivity index (χ4n) is 2.95. The molecule has 0 radical (unpaired) electrons. The van der Waals surface area contributed by atoms with E-state index in [0.29, 0.717) is 5.92 Å². The lowest BCUT2D eigenvalue weighted by atomic mass is 9.96. The first-order valence-electron chi connectivity index (χ1n) is 7.34. The van der Waals surface area contributed by atoms with Crippen LogP contribution in [0.5, 0.6) is 0 Å². The lowest BCUT2D eigenvalue weighted by molar-refractivity contribution is 0.419. The SMILES string of the molecule is CCCNC(c1ncccn1)C1CCc2cccnc21. The molecule has 0 fully saturated rings. The molecular weight excluding hydrogens is 248 g/mol. The van der Waals surface area contributed by atoms with Gasteiger partial charge in [-0.2, -0.15) is 0 Å². The zero-order valence-corrected chi connectivity index (χ0v) is 11.8. The summed E-state index contributed by atoms with van der Waals surface area (Å²) in [7, 11) is 0. The Balaban J connectivity index is 1.91. The van der Waals surface area contributed by atoms with E-state index in [1.54, 1.807) is 0 Å². The molecule has 0 bridgehead atoms. The van der Waals surface area contributed by atoms with Gasteiger partial charge in [-0.25, -0.2) is 9.97 Å². The molecule has 0 aromatic carbocycles. The standard InChI is InChI=1S/C16H20N4/c1-2-8-17-15(16-19-10-4-11-20-16)13-7-6-12-5-3-9-18-14(12)13/h3-5,9-11,13,15,17H,2,6-8H2,1H3. The lowest BCUT2D eigenvalue weighted by Crippen LogP contribution is -2.29. The highest BCUT2D eigenvalue weighted by Gasteiger charge is 2.32. The van der Waals surface area contributed by atoms with Crippen LogP contribution in [0.25, 0.3) is 0 Å². The first-order valence-corrected chi connectivity index (χ1v) is 7.34. The second kappa shape index (κ2) is 6.09. The Kier molecular flexibility index (Phi) is 4.02. The summed E-state index contributed by atoms with van der Waals surface area (Å²) >= 11 is 0. The van der Waals surface area contributed by atoms with Gasteiger partial charge in [0, 0.05) is 30.2 Å². The molecule has 4 nitrogen and oxygen atoms in total. The van der Waals surface area contributed by atoms with Crippen molar-refractivity contribution in [3.63, 3.8) is 0 Å². The molecule has 3 rings (SSSR count). The van der Waals surface area contributed by atoms with Gasteiger partial charge in [0.1, 0.15) is 5.82 Å². The minimum absolute atomic E-state index is 0.160. The van der Waals surface area contributed by atoms with E-state index in [-0.39, 0.29) is 6.04 Å². The predicted molar refractivity (Wildman–Crippen MR) is 78.4 cm³/mol. The van der Waals surface area contributed by atoms with Crippen molar-refractivity contribution in [2.24, 2.45) is 0 Å². The van der Waals surface area contributed by atoms with Crippen molar-refractivity contribution < 1.29 is 0 Å². The van der Waals surface area contributed by atoms with E-state index < -0.39 is 0 Å². The summed E-state index contributed by atoms with van der Waals surface area (Å²) < 4.78 is 0. The van der Waals surface area contributed by atoms with Crippen molar-refractivity contribution in [3.05, 3.63) is 53.9 Å². The minimum Gasteiger partial charge on any atom is -0.307 e. The summed E-state index contributed by atoms with van der Waals surface area (Å²) in [4.78, 5) is 13.5. The van der Waals surface area contributed by atoms with Crippen LogP contribution in [0.1, 0.15) is 48.8 Å². The third-order valence-corrected chi connectivity index (χ3v) is 3.88. The van der Waals surface area contributed by atoms with Crippen LogP contribution in [0.15, 0.2) is 36.8 Å². The molecule has 0 saturated heterocycles. The van der Waals surface area contributed by atoms with Gasteiger partial charge >= 0.3 is 0 Å². The minimum atomic E-state index is 0.160. The Morgan fingerprint density at radius 1 is 1.20 bits per heavy atom. The van der Waals surface area contributed by atoms with Gasteiger partial charge in [-0.15, -0.1) is 0 Å². The number of hydrogen-bond donors (Lipinski definition) is 1. The number of fused-ring (bicyclic) bond motifs is 1. The van der Waals surface area contributed by atoms with Gasteiger partial charge < -0.3 is 5.32 Å². The number of aryl methyl sites for hydroxylation is 1. The molecular formula is C16H20N4. The van der Waals surface area contributed by atoms with Gasteiger partial charge in [0.15, 0.2) is 0 Å². The number of nitrogens with zero attached hydrogens (tertiary/aromatic N) is 3. The quantitative estimate of drug-likeness (QED) is 0.905. The van der Waals surface area contributed by atoms with Crippen LogP contribution in [0.4, 0.5) is 0 Å². The highest BCUT2D eigenvalue weighted by molar-refractivity contribution is 5.31. The number of nitrogens with one attached hydrogen (secondary N) is 1. The van der Waals surface area contributed by atoms with Crippen molar-refractivity contribution in [3.8, 4) is 0 Å². The summed E-state index contributed by atoms with van der Waals surface area (Å²) in [6, 6.07) is 6.23. The van der Waals surface area contributed by atoms with E-state index in [9.17, 15) is 0 Å². The second-order valence-corrected chi connectivity index (χ2v) is 5.23. The molecule has 2 heterocycles. The largest absolute Gasteiger partial charge is 0.307 e. The lowest BCUT2D eigenvalue weighted by Gasteiger charge is -2.23. The number of rotatable bonds is 5. The van der Waals surface area contributed by atoms with Gasteiger partial charge in [0.2, 0.25) is 0 Å². The molecule has 104 valence electrons.